The van der Waals surface area contributed by atoms with Crippen molar-refractivity contribution in [3.8, 4) is 11.1 Å². The van der Waals surface area contributed by atoms with E-state index in [9.17, 15) is 9.90 Å². The zero-order valence-electron chi connectivity index (χ0n) is 14.8. The van der Waals surface area contributed by atoms with E-state index in [1.165, 1.54) is 0 Å². The van der Waals surface area contributed by atoms with Crippen molar-refractivity contribution in [3.05, 3.63) is 59.5 Å². The molecule has 2 N–H and O–H groups in total. The molecule has 0 bridgehead atoms. The van der Waals surface area contributed by atoms with Crippen LogP contribution in [0.4, 0.5) is 0 Å². The molecule has 1 amide bonds. The summed E-state index contributed by atoms with van der Waals surface area (Å²) < 4.78 is 0. The molecule has 0 aliphatic carbocycles. The number of nitrogens with zero attached hydrogens (tertiary/aromatic N) is 2. The van der Waals surface area contributed by atoms with Gasteiger partial charge in [-0.1, -0.05) is 23.7 Å². The molecule has 2 aromatic heterocycles. The molecule has 1 aromatic carbocycles. The summed E-state index contributed by atoms with van der Waals surface area (Å²) in [5, 5.41) is 14.3. The van der Waals surface area contributed by atoms with E-state index >= 15 is 0 Å². The molecule has 1 unspecified atom stereocenters. The number of carbonyl (C=O) groups is 1. The van der Waals surface area contributed by atoms with Crippen LogP contribution in [0.15, 0.2) is 48.8 Å². The summed E-state index contributed by atoms with van der Waals surface area (Å²) in [6.07, 6.45) is 3.43. The third-order valence-electron chi connectivity index (χ3n) is 4.39. The van der Waals surface area contributed by atoms with E-state index in [-0.39, 0.29) is 11.6 Å². The average Bonchev–Trinajstić information content (AvgIpc) is 2.60. The second kappa shape index (κ2) is 7.02. The first-order valence-electron chi connectivity index (χ1n) is 8.29. The van der Waals surface area contributed by atoms with Crippen LogP contribution in [-0.2, 0) is 0 Å². The molecular formula is C20H20ClN3O2. The number of carbonyl (C=O) groups excluding carboxylic acids is 1. The van der Waals surface area contributed by atoms with Crippen LogP contribution in [0.3, 0.4) is 0 Å². The topological polar surface area (TPSA) is 75.1 Å². The fourth-order valence-electron chi connectivity index (χ4n) is 2.46. The van der Waals surface area contributed by atoms with E-state index < -0.39 is 11.6 Å². The molecule has 0 fully saturated rings. The van der Waals surface area contributed by atoms with Gasteiger partial charge in [0.05, 0.1) is 17.2 Å². The number of amides is 1. The number of aromatic nitrogens is 2. The van der Waals surface area contributed by atoms with Gasteiger partial charge in [0, 0.05) is 28.4 Å². The summed E-state index contributed by atoms with van der Waals surface area (Å²) in [6, 6.07) is 10.4. The fourth-order valence-corrected chi connectivity index (χ4v) is 2.58. The Morgan fingerprint density at radius 2 is 1.85 bits per heavy atom. The van der Waals surface area contributed by atoms with Crippen LogP contribution in [-0.4, -0.2) is 32.6 Å². The first-order chi connectivity index (χ1) is 12.3. The molecule has 0 radical (unpaired) electrons. The molecule has 26 heavy (non-hydrogen) atoms. The summed E-state index contributed by atoms with van der Waals surface area (Å²) in [7, 11) is 0. The summed E-state index contributed by atoms with van der Waals surface area (Å²) in [5.74, 6) is -0.333. The van der Waals surface area contributed by atoms with Crippen molar-refractivity contribution in [2.75, 3.05) is 0 Å². The summed E-state index contributed by atoms with van der Waals surface area (Å²) in [6.45, 7) is 5.05. The van der Waals surface area contributed by atoms with Gasteiger partial charge >= 0.3 is 0 Å². The second-order valence-corrected chi connectivity index (χ2v) is 7.25. The number of hydrogen-bond donors (Lipinski definition) is 2. The summed E-state index contributed by atoms with van der Waals surface area (Å²) >= 11 is 5.96. The lowest BCUT2D eigenvalue weighted by Crippen LogP contribution is -2.47. The van der Waals surface area contributed by atoms with E-state index in [1.54, 1.807) is 51.4 Å². The minimum Gasteiger partial charge on any atom is -0.388 e. The van der Waals surface area contributed by atoms with Crippen LogP contribution in [0.1, 0.15) is 31.3 Å². The molecule has 1 atom stereocenters. The van der Waals surface area contributed by atoms with E-state index in [4.69, 9.17) is 11.6 Å². The molecule has 6 heteroatoms. The van der Waals surface area contributed by atoms with E-state index in [2.05, 4.69) is 15.3 Å². The molecule has 134 valence electrons. The Morgan fingerprint density at radius 1 is 1.15 bits per heavy atom. The van der Waals surface area contributed by atoms with Gasteiger partial charge in [0.15, 0.2) is 0 Å². The summed E-state index contributed by atoms with van der Waals surface area (Å²) in [5.41, 5.74) is 1.69. The van der Waals surface area contributed by atoms with Gasteiger partial charge in [-0.25, -0.2) is 4.98 Å². The van der Waals surface area contributed by atoms with Crippen molar-refractivity contribution in [1.82, 2.24) is 15.3 Å². The highest BCUT2D eigenvalue weighted by molar-refractivity contribution is 6.30. The summed E-state index contributed by atoms with van der Waals surface area (Å²) in [4.78, 5) is 21.3. The monoisotopic (exact) mass is 369 g/mol. The van der Waals surface area contributed by atoms with Crippen LogP contribution < -0.4 is 5.32 Å². The van der Waals surface area contributed by atoms with Gasteiger partial charge in [-0.15, -0.1) is 0 Å². The molecule has 0 saturated heterocycles. The number of benzene rings is 1. The lowest BCUT2D eigenvalue weighted by atomic mass is 10.0. The van der Waals surface area contributed by atoms with Crippen LogP contribution in [0, 0.1) is 0 Å². The van der Waals surface area contributed by atoms with Gasteiger partial charge in [0.2, 0.25) is 0 Å². The molecule has 3 aromatic rings. The predicted octanol–water partition coefficient (Wildman–Crippen LogP) is 3.84. The lowest BCUT2D eigenvalue weighted by molar-refractivity contribution is 0.0407. The Morgan fingerprint density at radius 3 is 2.50 bits per heavy atom. The first-order valence-corrected chi connectivity index (χ1v) is 8.67. The predicted molar refractivity (Wildman–Crippen MR) is 103 cm³/mol. The Hall–Kier alpha value is -2.50. The van der Waals surface area contributed by atoms with Gasteiger partial charge in [0.25, 0.3) is 5.91 Å². The number of halogens is 1. The van der Waals surface area contributed by atoms with Gasteiger partial charge in [-0.2, -0.15) is 0 Å². The Balaban J connectivity index is 2.01. The normalized spacial score (nSPS) is 12.8. The highest BCUT2D eigenvalue weighted by atomic mass is 35.5. The SMILES string of the molecule is CC(NC(=O)c1ccc2cncc(-c3ccc(Cl)cc3)c2n1)C(C)(C)O. The van der Waals surface area contributed by atoms with Crippen LogP contribution in [0.25, 0.3) is 22.0 Å². The van der Waals surface area contributed by atoms with Crippen LogP contribution >= 0.6 is 11.6 Å². The third kappa shape index (κ3) is 3.84. The second-order valence-electron chi connectivity index (χ2n) is 6.81. The van der Waals surface area contributed by atoms with Crippen molar-refractivity contribution in [3.63, 3.8) is 0 Å². The molecule has 5 nitrogen and oxygen atoms in total. The Kier molecular flexibility index (Phi) is 4.94. The van der Waals surface area contributed by atoms with Crippen LogP contribution in [0.5, 0.6) is 0 Å². The Labute approximate surface area is 157 Å². The minimum absolute atomic E-state index is 0.287. The lowest BCUT2D eigenvalue weighted by Gasteiger charge is -2.26. The molecule has 2 heterocycles. The third-order valence-corrected chi connectivity index (χ3v) is 4.65. The molecule has 0 spiro atoms. The number of pyridine rings is 2. The van der Waals surface area contributed by atoms with Crippen LogP contribution in [0.2, 0.25) is 5.02 Å². The van der Waals surface area contributed by atoms with Gasteiger partial charge in [-0.3, -0.25) is 9.78 Å². The van der Waals surface area contributed by atoms with E-state index in [0.717, 1.165) is 16.5 Å². The number of hydrogen-bond acceptors (Lipinski definition) is 4. The molecular weight excluding hydrogens is 350 g/mol. The van der Waals surface area contributed by atoms with E-state index in [0.29, 0.717) is 10.5 Å². The highest BCUT2D eigenvalue weighted by Gasteiger charge is 2.24. The van der Waals surface area contributed by atoms with Crippen molar-refractivity contribution >= 4 is 28.4 Å². The first kappa shape index (κ1) is 18.3. The number of nitrogens with one attached hydrogen (secondary N) is 1. The van der Waals surface area contributed by atoms with E-state index in [1.807, 2.05) is 18.2 Å². The molecule has 0 saturated carbocycles. The number of rotatable bonds is 4. The molecule has 0 aliphatic rings. The smallest absolute Gasteiger partial charge is 0.270 e. The maximum absolute atomic E-state index is 12.5. The quantitative estimate of drug-likeness (QED) is 0.732. The number of aliphatic hydroxyl groups is 1. The standard InChI is InChI=1S/C20H20ClN3O2/c1-12(20(2,3)26)23-19(25)17-9-6-14-10-22-11-16(18(14)24-17)13-4-7-15(21)8-5-13/h4-12,26H,1-3H3,(H,23,25). The largest absolute Gasteiger partial charge is 0.388 e. The van der Waals surface area contributed by atoms with Crippen molar-refractivity contribution < 1.29 is 9.90 Å². The average molecular weight is 370 g/mol. The van der Waals surface area contributed by atoms with Gasteiger partial charge in [-0.05, 0) is 50.6 Å². The highest BCUT2D eigenvalue weighted by Crippen LogP contribution is 2.27. The minimum atomic E-state index is -1.02. The van der Waals surface area contributed by atoms with Crippen molar-refractivity contribution in [2.24, 2.45) is 0 Å². The van der Waals surface area contributed by atoms with Crippen molar-refractivity contribution in [2.45, 2.75) is 32.4 Å². The Bertz CT molecular complexity index is 949. The number of fused-ring (bicyclic) bond motifs is 1. The van der Waals surface area contributed by atoms with Crippen molar-refractivity contribution in [1.29, 1.82) is 0 Å². The zero-order chi connectivity index (χ0) is 18.9. The molecule has 0 aliphatic heterocycles. The zero-order valence-corrected chi connectivity index (χ0v) is 15.6. The fraction of sp³-hybridized carbons (Fsp3) is 0.250. The maximum atomic E-state index is 12.5. The van der Waals surface area contributed by atoms with Gasteiger partial charge in [0.1, 0.15) is 5.69 Å². The molecule has 3 rings (SSSR count). The maximum Gasteiger partial charge on any atom is 0.270 e. The van der Waals surface area contributed by atoms with Gasteiger partial charge < -0.3 is 10.4 Å².